The second kappa shape index (κ2) is 71.3. The highest BCUT2D eigenvalue weighted by atomic mass is 16.5. The Balaban J connectivity index is 3.46. The molecule has 0 aromatic carbocycles. The van der Waals surface area contributed by atoms with Gasteiger partial charge in [0.2, 0.25) is 5.91 Å². The minimum atomic E-state index is -0.851. The van der Waals surface area contributed by atoms with Crippen LogP contribution in [0.15, 0.2) is 48.6 Å². The predicted molar refractivity (Wildman–Crippen MR) is 361 cm³/mol. The van der Waals surface area contributed by atoms with Crippen LogP contribution in [0.1, 0.15) is 399 Å². The summed E-state index contributed by atoms with van der Waals surface area (Å²) in [6, 6.07) is -0.634. The lowest BCUT2D eigenvalue weighted by molar-refractivity contribution is -0.143. The lowest BCUT2D eigenvalue weighted by Gasteiger charge is -2.20. The number of allylic oxidation sites excluding steroid dienone is 6. The number of ether oxygens (including phenoxy) is 1. The number of hydrogen-bond donors (Lipinski definition) is 3. The number of rotatable bonds is 69. The van der Waals surface area contributed by atoms with Gasteiger partial charge >= 0.3 is 5.97 Å². The number of carbonyl (C=O) groups excluding carboxylic acids is 2. The predicted octanol–water partition coefficient (Wildman–Crippen LogP) is 24.0. The number of aliphatic hydroxyl groups is 2. The summed E-state index contributed by atoms with van der Waals surface area (Å²) in [5.74, 6) is -0.105. The number of aliphatic hydroxyl groups excluding tert-OH is 2. The fourth-order valence-corrected chi connectivity index (χ4v) is 11.5. The first kappa shape index (κ1) is 79.8. The van der Waals surface area contributed by atoms with Gasteiger partial charge in [-0.15, -0.1) is 0 Å². The molecule has 0 radical (unpaired) electrons. The largest absolute Gasteiger partial charge is 0.465 e. The number of amides is 1. The van der Waals surface area contributed by atoms with Crippen molar-refractivity contribution >= 4 is 11.9 Å². The third kappa shape index (κ3) is 67.0. The van der Waals surface area contributed by atoms with Gasteiger partial charge in [-0.25, -0.2) is 0 Å². The van der Waals surface area contributed by atoms with Crippen molar-refractivity contribution in [2.75, 3.05) is 13.2 Å². The first-order chi connectivity index (χ1) is 40.5. The Bertz CT molecular complexity index is 1370. The Hall–Kier alpha value is -2.18. The molecule has 0 aromatic heterocycles. The molecule has 82 heavy (non-hydrogen) atoms. The van der Waals surface area contributed by atoms with Crippen molar-refractivity contribution in [2.45, 2.75) is 411 Å². The maximum Gasteiger partial charge on any atom is 0.305 e. The highest BCUT2D eigenvalue weighted by Crippen LogP contribution is 2.19. The summed E-state index contributed by atoms with van der Waals surface area (Å²) >= 11 is 0. The Labute approximate surface area is 512 Å². The fourth-order valence-electron chi connectivity index (χ4n) is 11.5. The second-order valence-electron chi connectivity index (χ2n) is 25.3. The first-order valence-electron chi connectivity index (χ1n) is 36.9. The molecular weight excluding hydrogens is 1010 g/mol. The van der Waals surface area contributed by atoms with Crippen LogP contribution in [0.3, 0.4) is 0 Å². The van der Waals surface area contributed by atoms with Crippen molar-refractivity contribution in [3.05, 3.63) is 48.6 Å². The van der Waals surface area contributed by atoms with E-state index in [-0.39, 0.29) is 18.5 Å². The smallest absolute Gasteiger partial charge is 0.305 e. The minimum Gasteiger partial charge on any atom is -0.465 e. The molecule has 2 unspecified atom stereocenters. The van der Waals surface area contributed by atoms with Gasteiger partial charge in [0.1, 0.15) is 0 Å². The van der Waals surface area contributed by atoms with Gasteiger partial charge in [0.25, 0.3) is 0 Å². The zero-order valence-electron chi connectivity index (χ0n) is 55.2. The van der Waals surface area contributed by atoms with E-state index in [1.165, 1.54) is 321 Å². The van der Waals surface area contributed by atoms with Gasteiger partial charge in [0, 0.05) is 12.8 Å². The zero-order chi connectivity index (χ0) is 59.2. The standard InChI is InChI=1S/C76H143NO5/c1-3-5-7-9-11-13-15-17-19-21-23-24-25-26-27-29-33-36-40-44-48-52-56-60-64-68-74(79)73(72-78)77-75(80)69-65-61-57-53-49-45-41-37-34-30-28-31-35-39-43-47-51-55-59-63-67-71-82-76(81)70-66-62-58-54-50-46-42-38-32-22-20-18-16-14-12-10-8-6-4-2/h18,20,47,51,59,63-64,68,73-74,78-79H,3-17,19,21-46,48-50,52-58,60-62,65-67,69-72H2,1-2H3,(H,77,80)/b20-18-,51-47-,63-59-,68-64+. The average molecular weight is 1150 g/mol. The van der Waals surface area contributed by atoms with E-state index < -0.39 is 12.1 Å². The third-order valence-electron chi connectivity index (χ3n) is 17.1. The molecule has 482 valence electrons. The lowest BCUT2D eigenvalue weighted by Crippen LogP contribution is -2.45. The molecular formula is C76H143NO5. The first-order valence-corrected chi connectivity index (χ1v) is 36.9. The lowest BCUT2D eigenvalue weighted by atomic mass is 10.0. The summed E-state index contributed by atoms with van der Waals surface area (Å²) in [4.78, 5) is 24.6. The van der Waals surface area contributed by atoms with Gasteiger partial charge in [-0.2, -0.15) is 0 Å². The van der Waals surface area contributed by atoms with Crippen LogP contribution in [0.5, 0.6) is 0 Å². The van der Waals surface area contributed by atoms with Gasteiger partial charge in [0.15, 0.2) is 0 Å². The number of nitrogens with one attached hydrogen (secondary N) is 1. The summed E-state index contributed by atoms with van der Waals surface area (Å²) in [5.41, 5.74) is 0. The van der Waals surface area contributed by atoms with E-state index >= 15 is 0 Å². The van der Waals surface area contributed by atoms with Crippen molar-refractivity contribution in [3.63, 3.8) is 0 Å². The molecule has 0 heterocycles. The van der Waals surface area contributed by atoms with E-state index in [2.05, 4.69) is 55.6 Å². The van der Waals surface area contributed by atoms with Crippen LogP contribution in [0, 0.1) is 0 Å². The molecule has 0 rings (SSSR count). The molecule has 1 amide bonds. The van der Waals surface area contributed by atoms with Crippen molar-refractivity contribution in [2.24, 2.45) is 0 Å². The molecule has 0 bridgehead atoms. The second-order valence-corrected chi connectivity index (χ2v) is 25.3. The van der Waals surface area contributed by atoms with E-state index in [1.54, 1.807) is 6.08 Å². The number of carbonyl (C=O) groups is 2. The normalized spacial score (nSPS) is 12.8. The van der Waals surface area contributed by atoms with Crippen LogP contribution < -0.4 is 5.32 Å². The van der Waals surface area contributed by atoms with Crippen LogP contribution in [-0.2, 0) is 14.3 Å². The maximum atomic E-state index is 12.5. The van der Waals surface area contributed by atoms with Crippen molar-refractivity contribution in [3.8, 4) is 0 Å². The van der Waals surface area contributed by atoms with Gasteiger partial charge in [-0.3, -0.25) is 9.59 Å². The minimum absolute atomic E-state index is 0.0357. The summed E-state index contributed by atoms with van der Waals surface area (Å²) in [6.07, 6.45) is 93.5. The van der Waals surface area contributed by atoms with E-state index in [0.717, 1.165) is 51.4 Å². The molecule has 0 aliphatic carbocycles. The topological polar surface area (TPSA) is 95.9 Å². The quantitative estimate of drug-likeness (QED) is 0.0320. The van der Waals surface area contributed by atoms with Gasteiger partial charge < -0.3 is 20.3 Å². The monoisotopic (exact) mass is 1150 g/mol. The van der Waals surface area contributed by atoms with Gasteiger partial charge in [-0.1, -0.05) is 358 Å². The molecule has 6 nitrogen and oxygen atoms in total. The third-order valence-corrected chi connectivity index (χ3v) is 17.1. The molecule has 0 fully saturated rings. The summed E-state index contributed by atoms with van der Waals surface area (Å²) < 4.78 is 5.44. The van der Waals surface area contributed by atoms with E-state index in [4.69, 9.17) is 4.74 Å². The highest BCUT2D eigenvalue weighted by Gasteiger charge is 2.18. The average Bonchev–Trinajstić information content (AvgIpc) is 3.48. The Kier molecular flexibility index (Phi) is 69.4. The molecule has 0 saturated heterocycles. The molecule has 0 aliphatic heterocycles. The van der Waals surface area contributed by atoms with Crippen LogP contribution in [0.25, 0.3) is 0 Å². The molecule has 0 aliphatic rings. The zero-order valence-corrected chi connectivity index (χ0v) is 55.2. The number of unbranched alkanes of at least 4 members (excludes halogenated alkanes) is 52. The van der Waals surface area contributed by atoms with E-state index in [1.807, 2.05) is 6.08 Å². The van der Waals surface area contributed by atoms with E-state index in [0.29, 0.717) is 19.4 Å². The fraction of sp³-hybridized carbons (Fsp3) is 0.868. The van der Waals surface area contributed by atoms with Crippen LogP contribution in [0.4, 0.5) is 0 Å². The molecule has 0 aromatic rings. The Morgan fingerprint density at radius 2 is 0.610 bits per heavy atom. The van der Waals surface area contributed by atoms with Crippen molar-refractivity contribution < 1.29 is 24.5 Å². The summed E-state index contributed by atoms with van der Waals surface area (Å²) in [6.45, 7) is 4.83. The molecule has 3 N–H and O–H groups in total. The molecule has 0 saturated carbocycles. The van der Waals surface area contributed by atoms with Crippen molar-refractivity contribution in [1.82, 2.24) is 5.32 Å². The highest BCUT2D eigenvalue weighted by molar-refractivity contribution is 5.76. The summed E-state index contributed by atoms with van der Waals surface area (Å²) in [5, 5.41) is 23.3. The van der Waals surface area contributed by atoms with Crippen LogP contribution >= 0.6 is 0 Å². The SMILES string of the molecule is CCCCCCCC/C=C\CCCCCCCCCCCC(=O)OCC/C=C\C/C=C\CCCCCCCCCCCCCCCCC(=O)NC(CO)C(O)/C=C/CCCCCCCCCCCCCCCCCCCCCCCCC. The number of hydrogen-bond acceptors (Lipinski definition) is 5. The Morgan fingerprint density at radius 3 is 0.939 bits per heavy atom. The maximum absolute atomic E-state index is 12.5. The Morgan fingerprint density at radius 1 is 0.341 bits per heavy atom. The molecule has 0 spiro atoms. The molecule has 2 atom stereocenters. The van der Waals surface area contributed by atoms with Gasteiger partial charge in [0.05, 0.1) is 25.4 Å². The number of esters is 1. The molecule has 6 heteroatoms. The van der Waals surface area contributed by atoms with Crippen molar-refractivity contribution in [1.29, 1.82) is 0 Å². The van der Waals surface area contributed by atoms with Gasteiger partial charge in [-0.05, 0) is 77.0 Å². The van der Waals surface area contributed by atoms with E-state index in [9.17, 15) is 19.8 Å². The van der Waals surface area contributed by atoms with Crippen LogP contribution in [0.2, 0.25) is 0 Å². The van der Waals surface area contributed by atoms with Crippen LogP contribution in [-0.4, -0.2) is 47.4 Å². The summed E-state index contributed by atoms with van der Waals surface area (Å²) in [7, 11) is 0.